The van der Waals surface area contributed by atoms with Crippen LogP contribution in [0.15, 0.2) is 53.3 Å². The third-order valence-electron chi connectivity index (χ3n) is 5.21. The Morgan fingerprint density at radius 3 is 2.58 bits per heavy atom. The summed E-state index contributed by atoms with van der Waals surface area (Å²) in [6.07, 6.45) is 0. The maximum atomic E-state index is 13.2. The summed E-state index contributed by atoms with van der Waals surface area (Å²) in [7, 11) is 1.66. The molecule has 31 heavy (non-hydrogen) atoms. The standard InChI is InChI=1S/C23H23N3O5/c1-3-26(14-21(27)24-15-8-9-19-20(12-15)31-11-10-30-19)23(29)17-13-22(28)25(2)18-7-5-4-6-16(17)18/h4-9,12-13H,3,10-11,14H2,1-2H3,(H,24,27). The number of fused-ring (bicyclic) bond motifs is 2. The maximum absolute atomic E-state index is 13.2. The van der Waals surface area contributed by atoms with Crippen LogP contribution in [0.25, 0.3) is 10.9 Å². The van der Waals surface area contributed by atoms with Gasteiger partial charge in [-0.15, -0.1) is 0 Å². The molecular weight excluding hydrogens is 398 g/mol. The van der Waals surface area contributed by atoms with Crippen molar-refractivity contribution in [1.82, 2.24) is 9.47 Å². The number of carbonyl (C=O) groups is 2. The summed E-state index contributed by atoms with van der Waals surface area (Å²) in [5.74, 6) is 0.486. The third kappa shape index (κ3) is 4.09. The van der Waals surface area contributed by atoms with Crippen molar-refractivity contribution in [3.8, 4) is 11.5 Å². The predicted molar refractivity (Wildman–Crippen MR) is 117 cm³/mol. The molecule has 2 heterocycles. The quantitative estimate of drug-likeness (QED) is 0.683. The lowest BCUT2D eigenvalue weighted by atomic mass is 10.1. The van der Waals surface area contributed by atoms with Gasteiger partial charge in [-0.3, -0.25) is 14.4 Å². The maximum Gasteiger partial charge on any atom is 0.255 e. The van der Waals surface area contributed by atoms with Gasteiger partial charge in [-0.25, -0.2) is 0 Å². The largest absolute Gasteiger partial charge is 0.486 e. The van der Waals surface area contributed by atoms with Gasteiger partial charge in [0.1, 0.15) is 19.8 Å². The lowest BCUT2D eigenvalue weighted by Gasteiger charge is -2.22. The van der Waals surface area contributed by atoms with Crippen molar-refractivity contribution in [3.63, 3.8) is 0 Å². The summed E-state index contributed by atoms with van der Waals surface area (Å²) in [6, 6.07) is 13.7. The topological polar surface area (TPSA) is 89.9 Å². The van der Waals surface area contributed by atoms with Gasteiger partial charge in [0.25, 0.3) is 11.5 Å². The van der Waals surface area contributed by atoms with Crippen molar-refractivity contribution < 1.29 is 19.1 Å². The van der Waals surface area contributed by atoms with Crippen LogP contribution in [0.4, 0.5) is 5.69 Å². The molecule has 0 unspecified atom stereocenters. The molecule has 1 aliphatic heterocycles. The van der Waals surface area contributed by atoms with Gasteiger partial charge in [0.2, 0.25) is 5.91 Å². The average Bonchev–Trinajstić information content (AvgIpc) is 2.79. The zero-order chi connectivity index (χ0) is 22.0. The van der Waals surface area contributed by atoms with E-state index in [4.69, 9.17) is 9.47 Å². The second kappa shape index (κ2) is 8.51. The number of hydrogen-bond donors (Lipinski definition) is 1. The van der Waals surface area contributed by atoms with Crippen molar-refractivity contribution in [1.29, 1.82) is 0 Å². The highest BCUT2D eigenvalue weighted by Gasteiger charge is 2.21. The molecule has 1 N–H and O–H groups in total. The Balaban J connectivity index is 1.54. The fourth-order valence-corrected chi connectivity index (χ4v) is 3.58. The van der Waals surface area contributed by atoms with Gasteiger partial charge in [-0.05, 0) is 25.1 Å². The molecule has 0 saturated carbocycles. The zero-order valence-electron chi connectivity index (χ0n) is 17.4. The molecule has 0 radical (unpaired) electrons. The first kappa shape index (κ1) is 20.5. The van der Waals surface area contributed by atoms with Crippen molar-refractivity contribution in [2.24, 2.45) is 7.05 Å². The molecule has 8 nitrogen and oxygen atoms in total. The van der Waals surface area contributed by atoms with E-state index in [0.717, 1.165) is 0 Å². The summed E-state index contributed by atoms with van der Waals surface area (Å²) in [6.45, 7) is 2.90. The number of rotatable bonds is 5. The van der Waals surface area contributed by atoms with Crippen LogP contribution in [-0.4, -0.2) is 47.6 Å². The molecule has 0 bridgehead atoms. The molecule has 4 rings (SSSR count). The van der Waals surface area contributed by atoms with Crippen LogP contribution in [0.1, 0.15) is 17.3 Å². The number of benzene rings is 2. The molecule has 1 aliphatic rings. The first-order valence-corrected chi connectivity index (χ1v) is 10.1. The second-order valence-corrected chi connectivity index (χ2v) is 7.20. The van der Waals surface area contributed by atoms with Crippen LogP contribution in [0, 0.1) is 0 Å². The number of amides is 2. The van der Waals surface area contributed by atoms with Crippen molar-refractivity contribution in [3.05, 3.63) is 64.4 Å². The van der Waals surface area contributed by atoms with Gasteiger partial charge in [0.15, 0.2) is 11.5 Å². The summed E-state index contributed by atoms with van der Waals surface area (Å²) in [4.78, 5) is 39.6. The Morgan fingerprint density at radius 2 is 1.81 bits per heavy atom. The van der Waals surface area contributed by atoms with Crippen LogP contribution in [0.2, 0.25) is 0 Å². The van der Waals surface area contributed by atoms with Crippen LogP contribution >= 0.6 is 0 Å². The third-order valence-corrected chi connectivity index (χ3v) is 5.21. The van der Waals surface area contributed by atoms with Gasteiger partial charge in [-0.2, -0.15) is 0 Å². The first-order valence-electron chi connectivity index (χ1n) is 10.1. The minimum atomic E-state index is -0.367. The number of nitrogens with zero attached hydrogens (tertiary/aromatic N) is 2. The first-order chi connectivity index (χ1) is 15.0. The molecule has 160 valence electrons. The zero-order valence-corrected chi connectivity index (χ0v) is 17.4. The average molecular weight is 421 g/mol. The number of hydrogen-bond acceptors (Lipinski definition) is 5. The summed E-state index contributed by atoms with van der Waals surface area (Å²) in [5, 5.41) is 3.45. The number of carbonyl (C=O) groups excluding carboxylic acids is 2. The van der Waals surface area contributed by atoms with E-state index in [1.54, 1.807) is 44.3 Å². The Hall–Kier alpha value is -3.81. The summed E-state index contributed by atoms with van der Waals surface area (Å²) in [5.41, 5.74) is 1.22. The monoisotopic (exact) mass is 421 g/mol. The highest BCUT2D eigenvalue weighted by Crippen LogP contribution is 2.32. The number of para-hydroxylation sites is 1. The number of aryl methyl sites for hydroxylation is 1. The highest BCUT2D eigenvalue weighted by atomic mass is 16.6. The fourth-order valence-electron chi connectivity index (χ4n) is 3.58. The lowest BCUT2D eigenvalue weighted by Crippen LogP contribution is -2.38. The summed E-state index contributed by atoms with van der Waals surface area (Å²) < 4.78 is 12.5. The predicted octanol–water partition coefficient (Wildman–Crippen LogP) is 2.41. The van der Waals surface area contributed by atoms with Crippen LogP contribution in [0.5, 0.6) is 11.5 Å². The van der Waals surface area contributed by atoms with Gasteiger partial charge < -0.3 is 24.3 Å². The van der Waals surface area contributed by atoms with Crippen LogP contribution in [0.3, 0.4) is 0 Å². The Bertz CT molecular complexity index is 1220. The molecule has 1 aromatic heterocycles. The molecule has 0 spiro atoms. The normalized spacial score (nSPS) is 12.5. The van der Waals surface area contributed by atoms with Gasteiger partial charge in [0, 0.05) is 36.8 Å². The van der Waals surface area contributed by atoms with E-state index in [1.165, 1.54) is 15.5 Å². The van der Waals surface area contributed by atoms with Crippen molar-refractivity contribution in [2.75, 3.05) is 31.6 Å². The van der Waals surface area contributed by atoms with Gasteiger partial charge in [0.05, 0.1) is 11.1 Å². The molecule has 8 heteroatoms. The lowest BCUT2D eigenvalue weighted by molar-refractivity contribution is -0.116. The molecular formula is C23H23N3O5. The molecule has 0 saturated heterocycles. The van der Waals surface area contributed by atoms with Crippen LogP contribution in [-0.2, 0) is 11.8 Å². The molecule has 0 fully saturated rings. The van der Waals surface area contributed by atoms with E-state index in [9.17, 15) is 14.4 Å². The van der Waals surface area contributed by atoms with E-state index in [0.29, 0.717) is 47.8 Å². The number of aromatic nitrogens is 1. The number of pyridine rings is 1. The summed E-state index contributed by atoms with van der Waals surface area (Å²) >= 11 is 0. The number of ether oxygens (including phenoxy) is 2. The Labute approximate surface area is 179 Å². The van der Waals surface area contributed by atoms with Crippen molar-refractivity contribution >= 4 is 28.4 Å². The Morgan fingerprint density at radius 1 is 1.06 bits per heavy atom. The van der Waals surface area contributed by atoms with E-state index < -0.39 is 0 Å². The highest BCUT2D eigenvalue weighted by molar-refractivity contribution is 6.07. The molecule has 0 aliphatic carbocycles. The number of anilines is 1. The fraction of sp³-hybridized carbons (Fsp3) is 0.261. The minimum Gasteiger partial charge on any atom is -0.486 e. The van der Waals surface area contributed by atoms with E-state index in [2.05, 4.69) is 5.32 Å². The number of likely N-dealkylation sites (N-methyl/N-ethyl adjacent to an activating group) is 1. The molecule has 0 atom stereocenters. The second-order valence-electron chi connectivity index (χ2n) is 7.20. The molecule has 3 aromatic rings. The van der Waals surface area contributed by atoms with Crippen molar-refractivity contribution in [2.45, 2.75) is 6.92 Å². The van der Waals surface area contributed by atoms with Gasteiger partial charge in [-0.1, -0.05) is 18.2 Å². The minimum absolute atomic E-state index is 0.146. The SMILES string of the molecule is CCN(CC(=O)Nc1ccc2c(c1)OCCO2)C(=O)c1cc(=O)n(C)c2ccccc12. The molecule has 2 aromatic carbocycles. The van der Waals surface area contributed by atoms with Gasteiger partial charge >= 0.3 is 0 Å². The smallest absolute Gasteiger partial charge is 0.255 e. The Kier molecular flexibility index (Phi) is 5.62. The van der Waals surface area contributed by atoms with E-state index in [1.807, 2.05) is 12.1 Å². The van der Waals surface area contributed by atoms with E-state index in [-0.39, 0.29) is 29.5 Å². The van der Waals surface area contributed by atoms with E-state index >= 15 is 0 Å². The number of nitrogens with one attached hydrogen (secondary N) is 1. The molecule has 2 amide bonds. The van der Waals surface area contributed by atoms with Crippen LogP contribution < -0.4 is 20.3 Å².